The van der Waals surface area contributed by atoms with E-state index in [9.17, 15) is 0 Å². The molecule has 2 radical (unpaired) electrons. The van der Waals surface area contributed by atoms with E-state index in [4.69, 9.17) is 23.2 Å². The fourth-order valence-corrected chi connectivity index (χ4v) is 0.639. The molecule has 0 spiro atoms. The Hall–Kier alpha value is -0.0800. The first-order valence-corrected chi connectivity index (χ1v) is 2.78. The molecule has 0 bridgehead atoms. The first kappa shape index (κ1) is 6.05. The quantitative estimate of drug-likeness (QED) is 0.522. The van der Waals surface area contributed by atoms with Crippen LogP contribution in [0.25, 0.3) is 0 Å². The van der Waals surface area contributed by atoms with E-state index in [1.165, 1.54) is 0 Å². The summed E-state index contributed by atoms with van der Waals surface area (Å²) in [6, 6.07) is 0. The van der Waals surface area contributed by atoms with Gasteiger partial charge in [0, 0.05) is 7.05 Å². The molecule has 1 aliphatic heterocycles. The van der Waals surface area contributed by atoms with E-state index < -0.39 is 0 Å². The van der Waals surface area contributed by atoms with Gasteiger partial charge in [-0.25, -0.2) is 0 Å². The smallest absolute Gasteiger partial charge is 0.207 e. The van der Waals surface area contributed by atoms with Gasteiger partial charge in [-0.3, -0.25) is 0 Å². The zero-order valence-corrected chi connectivity index (χ0v) is 5.72. The highest BCUT2D eigenvalue weighted by atomic mass is 35.5. The molecule has 0 aromatic carbocycles. The molecule has 0 unspecified atom stereocenters. The summed E-state index contributed by atoms with van der Waals surface area (Å²) in [6.45, 7) is 2.66. The highest BCUT2D eigenvalue weighted by Gasteiger charge is 2.15. The average molecular weight is 151 g/mol. The summed E-state index contributed by atoms with van der Waals surface area (Å²) in [5, 5.41) is 3.51. The van der Waals surface area contributed by atoms with Crippen LogP contribution in [0.3, 0.4) is 0 Å². The van der Waals surface area contributed by atoms with Gasteiger partial charge in [-0.1, -0.05) is 23.2 Å². The van der Waals surface area contributed by atoms with Gasteiger partial charge in [0.25, 0.3) is 0 Å². The number of nitrogens with zero attached hydrogens (tertiary/aromatic N) is 1. The normalized spacial score (nSPS) is 19.6. The lowest BCUT2D eigenvalue weighted by atomic mass is 10.8. The van der Waals surface area contributed by atoms with Gasteiger partial charge in [0.2, 0.25) is 6.67 Å². The fourth-order valence-electron chi connectivity index (χ4n) is 0.381. The molecule has 0 aromatic rings. The van der Waals surface area contributed by atoms with Crippen molar-refractivity contribution in [2.24, 2.45) is 0 Å². The Labute approximate surface area is 58.1 Å². The average Bonchev–Trinajstić information content (AvgIpc) is 1.98. The molecule has 1 heterocycles. The minimum atomic E-state index is 0.425. The van der Waals surface area contributed by atoms with Gasteiger partial charge in [0.05, 0.1) is 0 Å². The monoisotopic (exact) mass is 150 g/mol. The molecule has 1 aliphatic rings. The number of hydrogen-bond donors (Lipinski definition) is 1. The van der Waals surface area contributed by atoms with Gasteiger partial charge < -0.3 is 10.2 Å². The van der Waals surface area contributed by atoms with Crippen LogP contribution in [-0.2, 0) is 0 Å². The third-order valence-electron chi connectivity index (χ3n) is 0.809. The van der Waals surface area contributed by atoms with Crippen molar-refractivity contribution in [1.82, 2.24) is 10.2 Å². The number of rotatable bonds is 0. The molecular weight excluding hydrogens is 147 g/mol. The van der Waals surface area contributed by atoms with E-state index in [1.807, 2.05) is 0 Å². The van der Waals surface area contributed by atoms with Crippen LogP contribution >= 0.6 is 23.2 Å². The maximum absolute atomic E-state index is 5.56. The molecule has 0 saturated heterocycles. The second-order valence-corrected chi connectivity index (χ2v) is 2.14. The Morgan fingerprint density at radius 3 is 2.38 bits per heavy atom. The molecule has 0 amide bonds. The summed E-state index contributed by atoms with van der Waals surface area (Å²) in [5.41, 5.74) is 0. The summed E-state index contributed by atoms with van der Waals surface area (Å²) in [5.74, 6) is 0. The van der Waals surface area contributed by atoms with Crippen molar-refractivity contribution < 1.29 is 0 Å². The lowest BCUT2D eigenvalue weighted by Crippen LogP contribution is -2.09. The molecule has 1 rings (SSSR count). The zero-order valence-electron chi connectivity index (χ0n) is 4.20. The molecular formula is C4H4Cl2N2. The van der Waals surface area contributed by atoms with E-state index in [0.717, 1.165) is 0 Å². The molecule has 0 saturated carbocycles. The predicted octanol–water partition coefficient (Wildman–Crippen LogP) is 1.12. The first-order valence-electron chi connectivity index (χ1n) is 2.02. The first-order chi connectivity index (χ1) is 3.72. The maximum atomic E-state index is 5.56. The van der Waals surface area contributed by atoms with Crippen LogP contribution < -0.4 is 5.32 Å². The largest absolute Gasteiger partial charge is 0.343 e. The molecule has 4 heteroatoms. The van der Waals surface area contributed by atoms with Gasteiger partial charge in [0.1, 0.15) is 10.3 Å². The van der Waals surface area contributed by atoms with Gasteiger partial charge in [-0.05, 0) is 0 Å². The number of nitrogens with one attached hydrogen (secondary N) is 1. The summed E-state index contributed by atoms with van der Waals surface area (Å²) < 4.78 is 0. The molecule has 2 nitrogen and oxygen atoms in total. The van der Waals surface area contributed by atoms with Crippen LogP contribution in [0.1, 0.15) is 0 Å². The molecule has 0 aliphatic carbocycles. The minimum absolute atomic E-state index is 0.425. The molecule has 0 atom stereocenters. The van der Waals surface area contributed by atoms with E-state index in [1.54, 1.807) is 11.9 Å². The Morgan fingerprint density at radius 1 is 1.62 bits per heavy atom. The third-order valence-corrected chi connectivity index (χ3v) is 1.62. The van der Waals surface area contributed by atoms with E-state index >= 15 is 0 Å². The van der Waals surface area contributed by atoms with Crippen molar-refractivity contribution in [2.45, 2.75) is 0 Å². The van der Waals surface area contributed by atoms with Crippen LogP contribution in [-0.4, -0.2) is 11.9 Å². The van der Waals surface area contributed by atoms with Crippen LogP contribution in [0, 0.1) is 6.67 Å². The lowest BCUT2D eigenvalue weighted by Gasteiger charge is -2.03. The zero-order chi connectivity index (χ0) is 6.15. The standard InChI is InChI=1S/C4H4Cl2N2/c1-8-2-7-3(5)4(8)6/h7H,1H3. The second kappa shape index (κ2) is 2.03. The summed E-state index contributed by atoms with van der Waals surface area (Å²) in [4.78, 5) is 1.57. The van der Waals surface area contributed by atoms with Gasteiger partial charge in [0.15, 0.2) is 0 Å². The van der Waals surface area contributed by atoms with Gasteiger partial charge >= 0.3 is 0 Å². The van der Waals surface area contributed by atoms with E-state index in [0.29, 0.717) is 10.3 Å². The Morgan fingerprint density at radius 2 is 2.25 bits per heavy atom. The molecule has 8 heavy (non-hydrogen) atoms. The van der Waals surface area contributed by atoms with Crippen LogP contribution in [0.4, 0.5) is 0 Å². The predicted molar refractivity (Wildman–Crippen MR) is 32.9 cm³/mol. The van der Waals surface area contributed by atoms with Crippen molar-refractivity contribution in [3.8, 4) is 0 Å². The van der Waals surface area contributed by atoms with Crippen LogP contribution in [0.15, 0.2) is 10.3 Å². The van der Waals surface area contributed by atoms with Crippen molar-refractivity contribution >= 4 is 23.2 Å². The Balaban J connectivity index is 2.71. The molecule has 0 aromatic heterocycles. The highest BCUT2D eigenvalue weighted by molar-refractivity contribution is 6.39. The van der Waals surface area contributed by atoms with Crippen molar-refractivity contribution in [1.29, 1.82) is 0 Å². The van der Waals surface area contributed by atoms with Crippen molar-refractivity contribution in [3.63, 3.8) is 0 Å². The van der Waals surface area contributed by atoms with Crippen molar-refractivity contribution in [3.05, 3.63) is 17.0 Å². The lowest BCUT2D eigenvalue weighted by molar-refractivity contribution is 0.546. The highest BCUT2D eigenvalue weighted by Crippen LogP contribution is 2.20. The van der Waals surface area contributed by atoms with Crippen molar-refractivity contribution in [2.75, 3.05) is 7.05 Å². The Kier molecular flexibility index (Phi) is 1.54. The summed E-state index contributed by atoms with van der Waals surface area (Å²) >= 11 is 11.1. The number of hydrogen-bond acceptors (Lipinski definition) is 2. The van der Waals surface area contributed by atoms with Crippen LogP contribution in [0.2, 0.25) is 0 Å². The summed E-state index contributed by atoms with van der Waals surface area (Å²) in [7, 11) is 1.75. The second-order valence-electron chi connectivity index (χ2n) is 1.40. The Bertz CT molecular complexity index is 132. The van der Waals surface area contributed by atoms with Gasteiger partial charge in [-0.2, -0.15) is 0 Å². The minimum Gasteiger partial charge on any atom is -0.343 e. The topological polar surface area (TPSA) is 15.3 Å². The molecule has 0 fully saturated rings. The number of halogens is 2. The SMILES string of the molecule is CN1[C]NC(Cl)=C1Cl. The van der Waals surface area contributed by atoms with Crippen LogP contribution in [0.5, 0.6) is 0 Å². The summed E-state index contributed by atoms with van der Waals surface area (Å²) in [6.07, 6.45) is 0. The van der Waals surface area contributed by atoms with E-state index in [-0.39, 0.29) is 0 Å². The molecule has 44 valence electrons. The van der Waals surface area contributed by atoms with E-state index in [2.05, 4.69) is 12.0 Å². The fraction of sp³-hybridized carbons (Fsp3) is 0.250. The maximum Gasteiger partial charge on any atom is 0.207 e. The van der Waals surface area contributed by atoms with Gasteiger partial charge in [-0.15, -0.1) is 0 Å². The molecule has 1 N–H and O–H groups in total. The third kappa shape index (κ3) is 0.858.